The van der Waals surface area contributed by atoms with E-state index in [0.29, 0.717) is 12.5 Å². The molecule has 0 heterocycles. The average Bonchev–Trinajstić information content (AvgIpc) is 3.07. The zero-order valence-corrected chi connectivity index (χ0v) is 11.8. The zero-order valence-electron chi connectivity index (χ0n) is 10.9. The summed E-state index contributed by atoms with van der Waals surface area (Å²) < 4.78 is 0. The Labute approximate surface area is 110 Å². The SMILES string of the molecule is CC1CCCC(NC(=O)CC2(CS)CC2)CC1. The van der Waals surface area contributed by atoms with Crippen molar-refractivity contribution in [1.29, 1.82) is 0 Å². The van der Waals surface area contributed by atoms with E-state index in [1.54, 1.807) is 0 Å². The summed E-state index contributed by atoms with van der Waals surface area (Å²) in [5, 5.41) is 3.24. The highest BCUT2D eigenvalue weighted by molar-refractivity contribution is 7.80. The maximum absolute atomic E-state index is 12.0. The van der Waals surface area contributed by atoms with E-state index in [1.165, 1.54) is 44.9 Å². The number of carbonyl (C=O) groups is 1. The van der Waals surface area contributed by atoms with Crippen molar-refractivity contribution in [3.05, 3.63) is 0 Å². The minimum atomic E-state index is 0.255. The second-order valence-electron chi connectivity index (χ2n) is 6.21. The van der Waals surface area contributed by atoms with Crippen LogP contribution in [0.25, 0.3) is 0 Å². The quantitative estimate of drug-likeness (QED) is 0.586. The molecular formula is C14H25NOS. The van der Waals surface area contributed by atoms with Crippen molar-refractivity contribution in [2.75, 3.05) is 5.75 Å². The number of rotatable bonds is 4. The maximum atomic E-state index is 12.0. The van der Waals surface area contributed by atoms with Crippen LogP contribution in [0.2, 0.25) is 0 Å². The van der Waals surface area contributed by atoms with Gasteiger partial charge >= 0.3 is 0 Å². The van der Waals surface area contributed by atoms with Crippen LogP contribution in [0.4, 0.5) is 0 Å². The van der Waals surface area contributed by atoms with Crippen molar-refractivity contribution < 1.29 is 4.79 Å². The molecule has 0 aromatic heterocycles. The molecule has 2 nitrogen and oxygen atoms in total. The summed E-state index contributed by atoms with van der Waals surface area (Å²) in [6.07, 6.45) is 9.27. The third-order valence-corrected chi connectivity index (χ3v) is 5.12. The first-order chi connectivity index (χ1) is 8.13. The zero-order chi connectivity index (χ0) is 12.3. The molecule has 0 saturated heterocycles. The van der Waals surface area contributed by atoms with Gasteiger partial charge in [-0.05, 0) is 49.2 Å². The van der Waals surface area contributed by atoms with E-state index < -0.39 is 0 Å². The number of nitrogens with one attached hydrogen (secondary N) is 1. The number of hydrogen-bond acceptors (Lipinski definition) is 2. The van der Waals surface area contributed by atoms with Gasteiger partial charge in [0.1, 0.15) is 0 Å². The predicted molar refractivity (Wildman–Crippen MR) is 74.3 cm³/mol. The van der Waals surface area contributed by atoms with Gasteiger partial charge in [0.05, 0.1) is 0 Å². The van der Waals surface area contributed by atoms with Crippen LogP contribution in [0.3, 0.4) is 0 Å². The van der Waals surface area contributed by atoms with Crippen molar-refractivity contribution in [3.63, 3.8) is 0 Å². The van der Waals surface area contributed by atoms with E-state index in [4.69, 9.17) is 0 Å². The molecule has 2 unspecified atom stereocenters. The van der Waals surface area contributed by atoms with Gasteiger partial charge in [-0.2, -0.15) is 12.6 Å². The minimum Gasteiger partial charge on any atom is -0.353 e. The molecule has 3 heteroatoms. The average molecular weight is 255 g/mol. The largest absolute Gasteiger partial charge is 0.353 e. The molecule has 0 aromatic carbocycles. The van der Waals surface area contributed by atoms with Gasteiger partial charge in [-0.3, -0.25) is 4.79 Å². The first kappa shape index (κ1) is 13.3. The van der Waals surface area contributed by atoms with Gasteiger partial charge in [0.25, 0.3) is 0 Å². The number of carbonyl (C=O) groups excluding carboxylic acids is 1. The fraction of sp³-hybridized carbons (Fsp3) is 0.929. The third kappa shape index (κ3) is 3.90. The Hall–Kier alpha value is -0.180. The molecule has 17 heavy (non-hydrogen) atoms. The first-order valence-electron chi connectivity index (χ1n) is 7.04. The highest BCUT2D eigenvalue weighted by atomic mass is 32.1. The molecule has 1 N–H and O–H groups in total. The molecule has 2 aliphatic rings. The summed E-state index contributed by atoms with van der Waals surface area (Å²) in [6.45, 7) is 2.32. The number of thiol groups is 1. The van der Waals surface area contributed by atoms with Crippen LogP contribution < -0.4 is 5.32 Å². The molecular weight excluding hydrogens is 230 g/mol. The Balaban J connectivity index is 1.74. The van der Waals surface area contributed by atoms with Crippen LogP contribution in [-0.4, -0.2) is 17.7 Å². The normalized spacial score (nSPS) is 31.6. The summed E-state index contributed by atoms with van der Waals surface area (Å²) in [7, 11) is 0. The van der Waals surface area contributed by atoms with Crippen molar-refractivity contribution in [2.24, 2.45) is 11.3 Å². The van der Waals surface area contributed by atoms with E-state index in [-0.39, 0.29) is 11.3 Å². The summed E-state index contributed by atoms with van der Waals surface area (Å²) in [5.41, 5.74) is 0.255. The van der Waals surface area contributed by atoms with Crippen molar-refractivity contribution in [2.45, 2.75) is 64.3 Å². The number of amides is 1. The van der Waals surface area contributed by atoms with Crippen LogP contribution in [-0.2, 0) is 4.79 Å². The highest BCUT2D eigenvalue weighted by Gasteiger charge is 2.43. The molecule has 0 bridgehead atoms. The topological polar surface area (TPSA) is 29.1 Å². The third-order valence-electron chi connectivity index (χ3n) is 4.45. The lowest BCUT2D eigenvalue weighted by atomic mass is 10.0. The monoisotopic (exact) mass is 255 g/mol. The molecule has 0 spiro atoms. The molecule has 2 atom stereocenters. The van der Waals surface area contributed by atoms with Crippen LogP contribution in [0.15, 0.2) is 0 Å². The van der Waals surface area contributed by atoms with Crippen molar-refractivity contribution in [3.8, 4) is 0 Å². The fourth-order valence-electron chi connectivity index (χ4n) is 2.82. The molecule has 98 valence electrons. The van der Waals surface area contributed by atoms with E-state index in [0.717, 1.165) is 11.7 Å². The van der Waals surface area contributed by atoms with E-state index >= 15 is 0 Å². The summed E-state index contributed by atoms with van der Waals surface area (Å²) in [6, 6.07) is 0.433. The van der Waals surface area contributed by atoms with Gasteiger partial charge in [0.2, 0.25) is 5.91 Å². The predicted octanol–water partition coefficient (Wildman–Crippen LogP) is 3.17. The van der Waals surface area contributed by atoms with Crippen molar-refractivity contribution in [1.82, 2.24) is 5.32 Å². The van der Waals surface area contributed by atoms with Crippen LogP contribution in [0, 0.1) is 11.3 Å². The summed E-state index contributed by atoms with van der Waals surface area (Å²) >= 11 is 4.35. The van der Waals surface area contributed by atoms with Gasteiger partial charge in [-0.1, -0.05) is 19.8 Å². The van der Waals surface area contributed by atoms with Crippen LogP contribution >= 0.6 is 12.6 Å². The lowest BCUT2D eigenvalue weighted by molar-refractivity contribution is -0.122. The van der Waals surface area contributed by atoms with Gasteiger partial charge < -0.3 is 5.32 Å². The Morgan fingerprint density at radius 3 is 2.71 bits per heavy atom. The first-order valence-corrected chi connectivity index (χ1v) is 7.67. The van der Waals surface area contributed by atoms with Crippen LogP contribution in [0.5, 0.6) is 0 Å². The Morgan fingerprint density at radius 2 is 2.06 bits per heavy atom. The van der Waals surface area contributed by atoms with Gasteiger partial charge in [0.15, 0.2) is 0 Å². The summed E-state index contributed by atoms with van der Waals surface area (Å²) in [5.74, 6) is 1.96. The molecule has 0 aromatic rings. The van der Waals surface area contributed by atoms with Gasteiger partial charge in [0, 0.05) is 12.5 Å². The highest BCUT2D eigenvalue weighted by Crippen LogP contribution is 2.49. The van der Waals surface area contributed by atoms with Gasteiger partial charge in [-0.25, -0.2) is 0 Å². The van der Waals surface area contributed by atoms with E-state index in [2.05, 4.69) is 24.9 Å². The minimum absolute atomic E-state index is 0.255. The Kier molecular flexibility index (Phi) is 4.40. The standard InChI is InChI=1S/C14H25NOS/c1-11-3-2-4-12(6-5-11)15-13(16)9-14(10-17)7-8-14/h11-12,17H,2-10H2,1H3,(H,15,16). The summed E-state index contributed by atoms with van der Waals surface area (Å²) in [4.78, 5) is 12.0. The van der Waals surface area contributed by atoms with E-state index in [1.807, 2.05) is 0 Å². The number of hydrogen-bond donors (Lipinski definition) is 2. The fourth-order valence-corrected chi connectivity index (χ4v) is 3.25. The molecule has 2 fully saturated rings. The molecule has 2 aliphatic carbocycles. The van der Waals surface area contributed by atoms with E-state index in [9.17, 15) is 4.79 Å². The molecule has 0 radical (unpaired) electrons. The second kappa shape index (κ2) is 5.64. The Bertz CT molecular complexity index is 275. The Morgan fingerprint density at radius 1 is 1.29 bits per heavy atom. The second-order valence-corrected chi connectivity index (χ2v) is 6.53. The maximum Gasteiger partial charge on any atom is 0.220 e. The van der Waals surface area contributed by atoms with Crippen LogP contribution in [0.1, 0.15) is 58.3 Å². The lowest BCUT2D eigenvalue weighted by Gasteiger charge is -2.18. The van der Waals surface area contributed by atoms with Crippen molar-refractivity contribution >= 4 is 18.5 Å². The smallest absolute Gasteiger partial charge is 0.220 e. The molecule has 0 aliphatic heterocycles. The van der Waals surface area contributed by atoms with Gasteiger partial charge in [-0.15, -0.1) is 0 Å². The molecule has 2 rings (SSSR count). The molecule has 2 saturated carbocycles. The lowest BCUT2D eigenvalue weighted by Crippen LogP contribution is -2.36. The molecule has 1 amide bonds.